The highest BCUT2D eigenvalue weighted by Crippen LogP contribution is 2.20. The lowest BCUT2D eigenvalue weighted by Gasteiger charge is -2.32. The number of amides is 3. The van der Waals surface area contributed by atoms with Crippen LogP contribution in [-0.4, -0.2) is 55.3 Å². The maximum atomic E-state index is 13.1. The molecule has 0 bridgehead atoms. The molecule has 1 heterocycles. The quantitative estimate of drug-likeness (QED) is 0.576. The molecule has 9 heteroatoms. The van der Waals surface area contributed by atoms with Crippen LogP contribution < -0.4 is 10.6 Å². The summed E-state index contributed by atoms with van der Waals surface area (Å²) in [5.74, 6) is -1.75. The Bertz CT molecular complexity index is 1020. The fourth-order valence-corrected chi connectivity index (χ4v) is 3.75. The van der Waals surface area contributed by atoms with Gasteiger partial charge in [0.2, 0.25) is 17.7 Å². The van der Waals surface area contributed by atoms with Crippen LogP contribution in [-0.2, 0) is 36.8 Å². The fraction of sp³-hybridized carbons (Fsp3) is 0.360. The van der Waals surface area contributed by atoms with E-state index >= 15 is 0 Å². The van der Waals surface area contributed by atoms with Crippen molar-refractivity contribution in [2.75, 3.05) is 32.1 Å². The van der Waals surface area contributed by atoms with Crippen molar-refractivity contribution in [1.29, 1.82) is 0 Å². The number of nitrogens with zero attached hydrogens (tertiary/aromatic N) is 1. The van der Waals surface area contributed by atoms with Crippen molar-refractivity contribution >= 4 is 29.4 Å². The van der Waals surface area contributed by atoms with Crippen LogP contribution in [0.15, 0.2) is 48.5 Å². The van der Waals surface area contributed by atoms with Crippen LogP contribution in [0.1, 0.15) is 24.0 Å². The Hall–Kier alpha value is -3.75. The number of piperidine rings is 1. The average molecular weight is 470 g/mol. The number of benzene rings is 2. The minimum absolute atomic E-state index is 0.0843. The zero-order valence-corrected chi connectivity index (χ0v) is 19.0. The van der Waals surface area contributed by atoms with Crippen LogP contribution in [0.25, 0.3) is 0 Å². The van der Waals surface area contributed by atoms with Crippen molar-refractivity contribution in [2.45, 2.75) is 25.7 Å². The number of esters is 1. The van der Waals surface area contributed by atoms with E-state index in [1.165, 1.54) is 19.2 Å². The van der Waals surface area contributed by atoms with Gasteiger partial charge in [-0.2, -0.15) is 0 Å². The predicted octanol–water partition coefficient (Wildman–Crippen LogP) is 2.08. The third-order valence-electron chi connectivity index (χ3n) is 5.66. The van der Waals surface area contributed by atoms with E-state index in [4.69, 9.17) is 0 Å². The average Bonchev–Trinajstić information content (AvgIpc) is 2.85. The first-order valence-corrected chi connectivity index (χ1v) is 11.1. The normalized spacial score (nSPS) is 15.4. The molecule has 1 aliphatic rings. The van der Waals surface area contributed by atoms with E-state index in [1.807, 2.05) is 0 Å². The molecule has 0 radical (unpaired) electrons. The molecule has 2 aromatic carbocycles. The van der Waals surface area contributed by atoms with E-state index in [0.717, 1.165) is 17.5 Å². The Labute approximate surface area is 197 Å². The van der Waals surface area contributed by atoms with Gasteiger partial charge in [-0.1, -0.05) is 24.3 Å². The molecule has 1 atom stereocenters. The van der Waals surface area contributed by atoms with E-state index < -0.39 is 5.97 Å². The summed E-state index contributed by atoms with van der Waals surface area (Å²) < 4.78 is 17.5. The summed E-state index contributed by atoms with van der Waals surface area (Å²) in [6.07, 6.45) is 1.68. The van der Waals surface area contributed by atoms with Crippen molar-refractivity contribution < 1.29 is 28.3 Å². The van der Waals surface area contributed by atoms with Gasteiger partial charge in [0, 0.05) is 18.8 Å². The van der Waals surface area contributed by atoms with Gasteiger partial charge in [0.25, 0.3) is 0 Å². The van der Waals surface area contributed by atoms with Gasteiger partial charge < -0.3 is 20.3 Å². The summed E-state index contributed by atoms with van der Waals surface area (Å²) in [5, 5.41) is 5.35. The number of methoxy groups -OCH3 is 1. The van der Waals surface area contributed by atoms with E-state index in [2.05, 4.69) is 15.4 Å². The van der Waals surface area contributed by atoms with Gasteiger partial charge in [-0.25, -0.2) is 4.39 Å². The van der Waals surface area contributed by atoms with Crippen molar-refractivity contribution in [2.24, 2.45) is 5.92 Å². The highest BCUT2D eigenvalue weighted by Gasteiger charge is 2.28. The molecule has 180 valence electrons. The Morgan fingerprint density at radius 2 is 1.65 bits per heavy atom. The van der Waals surface area contributed by atoms with Gasteiger partial charge >= 0.3 is 5.97 Å². The molecular weight excluding hydrogens is 441 g/mol. The summed E-state index contributed by atoms with van der Waals surface area (Å²) in [6, 6.07) is 12.7. The minimum Gasteiger partial charge on any atom is -0.468 e. The second-order valence-corrected chi connectivity index (χ2v) is 8.20. The number of nitrogens with one attached hydrogen (secondary N) is 2. The van der Waals surface area contributed by atoms with Crippen LogP contribution in [0.5, 0.6) is 0 Å². The van der Waals surface area contributed by atoms with Crippen LogP contribution >= 0.6 is 0 Å². The molecule has 3 rings (SSSR count). The second-order valence-electron chi connectivity index (χ2n) is 8.20. The minimum atomic E-state index is -0.523. The van der Waals surface area contributed by atoms with E-state index in [-0.39, 0.29) is 48.8 Å². The SMILES string of the molecule is COC(=O)CNC(=O)Cc1ccc(NC(=O)C2CCCN(C(=O)Cc3ccc(F)cc3)C2)cc1. The third kappa shape index (κ3) is 7.40. The first-order chi connectivity index (χ1) is 16.3. The number of carbonyl (C=O) groups is 4. The highest BCUT2D eigenvalue weighted by atomic mass is 19.1. The number of halogens is 1. The fourth-order valence-electron chi connectivity index (χ4n) is 3.75. The molecule has 0 spiro atoms. The monoisotopic (exact) mass is 469 g/mol. The number of hydrogen-bond acceptors (Lipinski definition) is 5. The Morgan fingerprint density at radius 3 is 2.32 bits per heavy atom. The molecule has 3 amide bonds. The van der Waals surface area contributed by atoms with Gasteiger partial charge in [0.1, 0.15) is 12.4 Å². The zero-order valence-electron chi connectivity index (χ0n) is 19.0. The molecule has 1 fully saturated rings. The van der Waals surface area contributed by atoms with Crippen molar-refractivity contribution in [3.05, 3.63) is 65.5 Å². The van der Waals surface area contributed by atoms with E-state index in [9.17, 15) is 23.6 Å². The maximum absolute atomic E-state index is 13.1. The molecule has 1 unspecified atom stereocenters. The summed E-state index contributed by atoms with van der Waals surface area (Å²) >= 11 is 0. The first kappa shape index (κ1) is 24.9. The Morgan fingerprint density at radius 1 is 1.00 bits per heavy atom. The standard InChI is InChI=1S/C25H28FN3O5/c1-34-24(32)15-27-22(30)13-17-6-10-21(11-7-17)28-25(33)19-3-2-12-29(16-19)23(31)14-18-4-8-20(26)9-5-18/h4-11,19H,2-3,12-16H2,1H3,(H,27,30)(H,28,33). The lowest BCUT2D eigenvalue weighted by atomic mass is 9.96. The van der Waals surface area contributed by atoms with Crippen molar-refractivity contribution in [3.8, 4) is 0 Å². The number of carbonyl (C=O) groups excluding carboxylic acids is 4. The Kier molecular flexibility index (Phi) is 8.73. The maximum Gasteiger partial charge on any atom is 0.325 e. The summed E-state index contributed by atoms with van der Waals surface area (Å²) in [5.41, 5.74) is 2.06. The molecule has 0 aromatic heterocycles. The van der Waals surface area contributed by atoms with Crippen molar-refractivity contribution in [3.63, 3.8) is 0 Å². The predicted molar refractivity (Wildman–Crippen MR) is 123 cm³/mol. The summed E-state index contributed by atoms with van der Waals surface area (Å²) in [7, 11) is 1.25. The zero-order chi connectivity index (χ0) is 24.5. The summed E-state index contributed by atoms with van der Waals surface area (Å²) in [6.45, 7) is 0.745. The van der Waals surface area contributed by atoms with Crippen LogP contribution in [0, 0.1) is 11.7 Å². The number of likely N-dealkylation sites (tertiary alicyclic amines) is 1. The first-order valence-electron chi connectivity index (χ1n) is 11.1. The molecule has 1 saturated heterocycles. The molecule has 34 heavy (non-hydrogen) atoms. The topological polar surface area (TPSA) is 105 Å². The van der Waals surface area contributed by atoms with Crippen LogP contribution in [0.4, 0.5) is 10.1 Å². The molecule has 0 aliphatic carbocycles. The molecule has 0 saturated carbocycles. The van der Waals surface area contributed by atoms with Crippen molar-refractivity contribution in [1.82, 2.24) is 10.2 Å². The lowest BCUT2D eigenvalue weighted by molar-refractivity contribution is -0.141. The number of anilines is 1. The molecular formula is C25H28FN3O5. The number of rotatable bonds is 8. The van der Waals surface area contributed by atoms with Crippen LogP contribution in [0.2, 0.25) is 0 Å². The molecule has 1 aliphatic heterocycles. The lowest BCUT2D eigenvalue weighted by Crippen LogP contribution is -2.44. The van der Waals surface area contributed by atoms with E-state index in [1.54, 1.807) is 41.3 Å². The van der Waals surface area contributed by atoms with Crippen LogP contribution in [0.3, 0.4) is 0 Å². The smallest absolute Gasteiger partial charge is 0.325 e. The third-order valence-corrected chi connectivity index (χ3v) is 5.66. The van der Waals surface area contributed by atoms with Gasteiger partial charge in [0.05, 0.1) is 25.9 Å². The van der Waals surface area contributed by atoms with Gasteiger partial charge in [-0.05, 0) is 48.2 Å². The van der Waals surface area contributed by atoms with E-state index in [0.29, 0.717) is 25.2 Å². The summed E-state index contributed by atoms with van der Waals surface area (Å²) in [4.78, 5) is 50.1. The molecule has 8 nitrogen and oxygen atoms in total. The largest absolute Gasteiger partial charge is 0.468 e. The van der Waals surface area contributed by atoms with Gasteiger partial charge in [0.15, 0.2) is 0 Å². The molecule has 2 aromatic rings. The van der Waals surface area contributed by atoms with Gasteiger partial charge in [-0.15, -0.1) is 0 Å². The highest BCUT2D eigenvalue weighted by molar-refractivity contribution is 5.93. The Balaban J connectivity index is 1.48. The second kappa shape index (κ2) is 11.9. The molecule has 2 N–H and O–H groups in total. The van der Waals surface area contributed by atoms with Gasteiger partial charge in [-0.3, -0.25) is 19.2 Å². The number of ether oxygens (including phenoxy) is 1. The number of hydrogen-bond donors (Lipinski definition) is 2.